The van der Waals surface area contributed by atoms with Crippen LogP contribution in [0, 0.1) is 6.92 Å². The van der Waals surface area contributed by atoms with Crippen molar-refractivity contribution < 1.29 is 9.15 Å². The Kier molecular flexibility index (Phi) is 4.33. The third kappa shape index (κ3) is 3.95. The number of rotatable bonds is 6. The summed E-state index contributed by atoms with van der Waals surface area (Å²) in [6, 6.07) is 4.00. The molecule has 0 atom stereocenters. The maximum Gasteiger partial charge on any atom is 0.104 e. The van der Waals surface area contributed by atoms with E-state index in [9.17, 15) is 0 Å². The van der Waals surface area contributed by atoms with E-state index < -0.39 is 0 Å². The van der Waals surface area contributed by atoms with Gasteiger partial charge in [-0.25, -0.2) is 0 Å². The molecule has 1 rings (SSSR count). The van der Waals surface area contributed by atoms with Crippen LogP contribution >= 0.6 is 0 Å². The van der Waals surface area contributed by atoms with Crippen molar-refractivity contribution in [1.82, 2.24) is 0 Å². The van der Waals surface area contributed by atoms with Crippen molar-refractivity contribution in [1.29, 1.82) is 0 Å². The summed E-state index contributed by atoms with van der Waals surface area (Å²) in [4.78, 5) is 0. The first-order valence-electron chi connectivity index (χ1n) is 4.57. The first kappa shape index (κ1) is 10.1. The zero-order valence-corrected chi connectivity index (χ0v) is 8.08. The molecular weight excluding hydrogens is 164 g/mol. The van der Waals surface area contributed by atoms with Gasteiger partial charge in [-0.15, -0.1) is 6.58 Å². The second-order valence-electron chi connectivity index (χ2n) is 2.98. The Hall–Kier alpha value is -1.02. The molecule has 0 aromatic carbocycles. The number of furan rings is 1. The average molecular weight is 180 g/mol. The van der Waals surface area contributed by atoms with Crippen LogP contribution in [0.2, 0.25) is 0 Å². The van der Waals surface area contributed by atoms with E-state index in [-0.39, 0.29) is 0 Å². The van der Waals surface area contributed by atoms with Gasteiger partial charge >= 0.3 is 0 Å². The van der Waals surface area contributed by atoms with Gasteiger partial charge in [0.05, 0.1) is 6.61 Å². The molecule has 0 amide bonds. The molecule has 1 heterocycles. The van der Waals surface area contributed by atoms with Crippen LogP contribution in [0.4, 0.5) is 0 Å². The van der Waals surface area contributed by atoms with Crippen molar-refractivity contribution in [2.75, 3.05) is 13.2 Å². The molecular formula is C11H16O2. The maximum absolute atomic E-state index is 5.41. The largest absolute Gasteiger partial charge is 0.466 e. The second-order valence-corrected chi connectivity index (χ2v) is 2.98. The van der Waals surface area contributed by atoms with Gasteiger partial charge in [-0.2, -0.15) is 0 Å². The second kappa shape index (κ2) is 5.60. The normalized spacial score (nSPS) is 10.2. The highest BCUT2D eigenvalue weighted by Crippen LogP contribution is 2.08. The van der Waals surface area contributed by atoms with Gasteiger partial charge in [0, 0.05) is 13.0 Å². The summed E-state index contributed by atoms with van der Waals surface area (Å²) in [5.41, 5.74) is 0. The zero-order valence-electron chi connectivity index (χ0n) is 8.08. The molecule has 2 nitrogen and oxygen atoms in total. The van der Waals surface area contributed by atoms with Gasteiger partial charge in [0.2, 0.25) is 0 Å². The van der Waals surface area contributed by atoms with Crippen LogP contribution in [-0.2, 0) is 11.2 Å². The molecule has 0 bridgehead atoms. The summed E-state index contributed by atoms with van der Waals surface area (Å²) in [7, 11) is 0. The average Bonchev–Trinajstić information content (AvgIpc) is 2.51. The smallest absolute Gasteiger partial charge is 0.104 e. The van der Waals surface area contributed by atoms with Gasteiger partial charge in [0.25, 0.3) is 0 Å². The predicted octanol–water partition coefficient (Wildman–Crippen LogP) is 2.72. The van der Waals surface area contributed by atoms with Gasteiger partial charge in [-0.3, -0.25) is 0 Å². The molecule has 0 aliphatic heterocycles. The summed E-state index contributed by atoms with van der Waals surface area (Å²) in [6.45, 7) is 6.94. The predicted molar refractivity (Wildman–Crippen MR) is 52.8 cm³/mol. The fourth-order valence-corrected chi connectivity index (χ4v) is 1.13. The lowest BCUT2D eigenvalue weighted by Gasteiger charge is -1.98. The van der Waals surface area contributed by atoms with Gasteiger partial charge in [-0.1, -0.05) is 6.08 Å². The highest BCUT2D eigenvalue weighted by Gasteiger charge is 1.97. The first-order chi connectivity index (χ1) is 6.33. The minimum atomic E-state index is 0.636. The Morgan fingerprint density at radius 3 is 3.00 bits per heavy atom. The minimum absolute atomic E-state index is 0.636. The molecule has 0 N–H and O–H groups in total. The van der Waals surface area contributed by atoms with Crippen LogP contribution < -0.4 is 0 Å². The number of hydrogen-bond acceptors (Lipinski definition) is 2. The van der Waals surface area contributed by atoms with Crippen molar-refractivity contribution in [2.24, 2.45) is 0 Å². The topological polar surface area (TPSA) is 22.4 Å². The standard InChI is InChI=1S/C11H16O2/c1-3-8-12-9-4-5-11-7-6-10(2)13-11/h3,6-7H,1,4-5,8-9H2,2H3. The SMILES string of the molecule is C=CCOCCCc1ccc(C)o1. The van der Waals surface area contributed by atoms with Gasteiger partial charge in [-0.05, 0) is 25.5 Å². The Morgan fingerprint density at radius 1 is 1.54 bits per heavy atom. The monoisotopic (exact) mass is 180 g/mol. The molecule has 13 heavy (non-hydrogen) atoms. The van der Waals surface area contributed by atoms with Crippen LogP contribution in [0.5, 0.6) is 0 Å². The van der Waals surface area contributed by atoms with Crippen LogP contribution in [0.25, 0.3) is 0 Å². The van der Waals surface area contributed by atoms with Crippen molar-refractivity contribution in [3.63, 3.8) is 0 Å². The van der Waals surface area contributed by atoms with Crippen LogP contribution in [0.3, 0.4) is 0 Å². The molecule has 0 fully saturated rings. The van der Waals surface area contributed by atoms with Gasteiger partial charge in [0.1, 0.15) is 11.5 Å². The highest BCUT2D eigenvalue weighted by molar-refractivity contribution is 5.05. The summed E-state index contributed by atoms with van der Waals surface area (Å²) in [5.74, 6) is 2.02. The molecule has 0 unspecified atom stereocenters. The molecule has 1 aromatic rings. The number of hydrogen-bond donors (Lipinski definition) is 0. The Balaban J connectivity index is 2.09. The summed E-state index contributed by atoms with van der Waals surface area (Å²) < 4.78 is 10.7. The van der Waals surface area contributed by atoms with Crippen LogP contribution in [0.1, 0.15) is 17.9 Å². The molecule has 0 saturated heterocycles. The fraction of sp³-hybridized carbons (Fsp3) is 0.455. The fourth-order valence-electron chi connectivity index (χ4n) is 1.13. The Morgan fingerprint density at radius 2 is 2.38 bits per heavy atom. The minimum Gasteiger partial charge on any atom is -0.466 e. The molecule has 0 saturated carbocycles. The molecule has 0 spiro atoms. The Bertz CT molecular complexity index is 250. The molecule has 0 radical (unpaired) electrons. The van der Waals surface area contributed by atoms with Crippen molar-refractivity contribution in [3.8, 4) is 0 Å². The highest BCUT2D eigenvalue weighted by atomic mass is 16.5. The number of aryl methyl sites for hydroxylation is 2. The molecule has 72 valence electrons. The van der Waals surface area contributed by atoms with Crippen molar-refractivity contribution in [3.05, 3.63) is 36.3 Å². The summed E-state index contributed by atoms with van der Waals surface area (Å²) >= 11 is 0. The third-order valence-electron chi connectivity index (χ3n) is 1.74. The van der Waals surface area contributed by atoms with Crippen molar-refractivity contribution in [2.45, 2.75) is 19.8 Å². The number of ether oxygens (including phenoxy) is 1. The lowest BCUT2D eigenvalue weighted by Crippen LogP contribution is -1.95. The van der Waals surface area contributed by atoms with Crippen LogP contribution in [0.15, 0.2) is 29.2 Å². The zero-order chi connectivity index (χ0) is 9.52. The molecule has 0 aliphatic carbocycles. The molecule has 0 aliphatic rings. The van der Waals surface area contributed by atoms with E-state index in [0.29, 0.717) is 6.61 Å². The maximum atomic E-state index is 5.41. The van der Waals surface area contributed by atoms with E-state index in [4.69, 9.17) is 9.15 Å². The van der Waals surface area contributed by atoms with E-state index >= 15 is 0 Å². The third-order valence-corrected chi connectivity index (χ3v) is 1.74. The first-order valence-corrected chi connectivity index (χ1v) is 4.57. The van der Waals surface area contributed by atoms with Crippen LogP contribution in [-0.4, -0.2) is 13.2 Å². The Labute approximate surface area is 79.2 Å². The van der Waals surface area contributed by atoms with E-state index in [1.807, 2.05) is 19.1 Å². The summed E-state index contributed by atoms with van der Waals surface area (Å²) in [6.07, 6.45) is 3.71. The van der Waals surface area contributed by atoms with Gasteiger partial charge in [0.15, 0.2) is 0 Å². The lowest BCUT2D eigenvalue weighted by molar-refractivity contribution is 0.158. The van der Waals surface area contributed by atoms with Gasteiger partial charge < -0.3 is 9.15 Å². The molecule has 1 aromatic heterocycles. The van der Waals surface area contributed by atoms with Crippen molar-refractivity contribution >= 4 is 0 Å². The quantitative estimate of drug-likeness (QED) is 0.496. The van der Waals surface area contributed by atoms with E-state index in [1.54, 1.807) is 6.08 Å². The lowest BCUT2D eigenvalue weighted by atomic mass is 10.2. The van der Waals surface area contributed by atoms with E-state index in [0.717, 1.165) is 31.0 Å². The van der Waals surface area contributed by atoms with E-state index in [2.05, 4.69) is 6.58 Å². The molecule has 2 heteroatoms. The summed E-state index contributed by atoms with van der Waals surface area (Å²) in [5, 5.41) is 0. The van der Waals surface area contributed by atoms with E-state index in [1.165, 1.54) is 0 Å².